The Morgan fingerprint density at radius 2 is 0.484 bits per heavy atom. The van der Waals surface area contributed by atoms with Gasteiger partial charge in [-0.25, -0.2) is 9.13 Å². The van der Waals surface area contributed by atoms with Gasteiger partial charge in [-0.05, 0) is 37.5 Å². The third-order valence-electron chi connectivity index (χ3n) is 17.7. The van der Waals surface area contributed by atoms with Crippen LogP contribution in [0.3, 0.4) is 0 Å². The van der Waals surface area contributed by atoms with E-state index in [4.69, 9.17) is 37.0 Å². The molecule has 0 spiro atoms. The highest BCUT2D eigenvalue weighted by Gasteiger charge is 2.30. The van der Waals surface area contributed by atoms with Crippen LogP contribution in [0.25, 0.3) is 0 Å². The van der Waals surface area contributed by atoms with E-state index in [1.54, 1.807) is 0 Å². The molecule has 0 radical (unpaired) electrons. The second-order valence-corrected chi connectivity index (χ2v) is 31.3. The zero-order valence-electron chi connectivity index (χ0n) is 62.0. The fraction of sp³-hybridized carbons (Fsp3) is 0.947. The number of rotatable bonds is 75. The van der Waals surface area contributed by atoms with Crippen LogP contribution in [0.4, 0.5) is 0 Å². The van der Waals surface area contributed by atoms with Crippen molar-refractivity contribution >= 4 is 39.5 Å². The van der Waals surface area contributed by atoms with Gasteiger partial charge >= 0.3 is 39.5 Å². The average molecular weight is 1400 g/mol. The fourth-order valence-electron chi connectivity index (χ4n) is 11.7. The topological polar surface area (TPSA) is 237 Å². The number of unbranched alkanes of at least 4 members (excludes halogenated alkanes) is 45. The number of hydrogen-bond donors (Lipinski definition) is 3. The van der Waals surface area contributed by atoms with Crippen molar-refractivity contribution in [3.63, 3.8) is 0 Å². The van der Waals surface area contributed by atoms with E-state index in [1.807, 2.05) is 0 Å². The Morgan fingerprint density at radius 3 is 0.716 bits per heavy atom. The van der Waals surface area contributed by atoms with Crippen molar-refractivity contribution in [2.75, 3.05) is 39.6 Å². The number of carbonyl (C=O) groups excluding carboxylic acids is 4. The highest BCUT2D eigenvalue weighted by Crippen LogP contribution is 2.45. The number of carbonyl (C=O) groups is 4. The van der Waals surface area contributed by atoms with Crippen molar-refractivity contribution in [2.45, 2.75) is 413 Å². The van der Waals surface area contributed by atoms with Crippen LogP contribution in [0, 0.1) is 11.8 Å². The van der Waals surface area contributed by atoms with E-state index in [9.17, 15) is 43.2 Å². The van der Waals surface area contributed by atoms with Gasteiger partial charge < -0.3 is 33.8 Å². The first-order valence-corrected chi connectivity index (χ1v) is 42.5. The summed E-state index contributed by atoms with van der Waals surface area (Å²) < 4.78 is 68.6. The molecule has 0 aromatic heterocycles. The fourth-order valence-corrected chi connectivity index (χ4v) is 13.2. The molecular weight excluding hydrogens is 1250 g/mol. The minimum atomic E-state index is -4.96. The molecule has 0 saturated carbocycles. The van der Waals surface area contributed by atoms with Crippen LogP contribution in [0.5, 0.6) is 0 Å². The van der Waals surface area contributed by atoms with Crippen molar-refractivity contribution in [1.29, 1.82) is 0 Å². The lowest BCUT2D eigenvalue weighted by atomic mass is 10.0. The van der Waals surface area contributed by atoms with Crippen molar-refractivity contribution in [3.8, 4) is 0 Å². The second kappa shape index (κ2) is 67.9. The molecule has 564 valence electrons. The van der Waals surface area contributed by atoms with Crippen LogP contribution in [0.1, 0.15) is 395 Å². The van der Waals surface area contributed by atoms with Gasteiger partial charge in [0.1, 0.15) is 19.3 Å². The van der Waals surface area contributed by atoms with Crippen LogP contribution >= 0.6 is 15.6 Å². The molecule has 2 unspecified atom stereocenters. The molecule has 3 N–H and O–H groups in total. The minimum Gasteiger partial charge on any atom is -0.462 e. The van der Waals surface area contributed by atoms with E-state index in [0.29, 0.717) is 25.7 Å². The lowest BCUT2D eigenvalue weighted by Gasteiger charge is -2.21. The summed E-state index contributed by atoms with van der Waals surface area (Å²) in [7, 11) is -9.91. The standard InChI is InChI=1S/C76H148O17P2/c1-7-9-11-13-15-17-19-21-22-23-28-35-41-47-53-59-74(79)87-64-71(92-75(80)60-54-48-42-36-29-25-24-26-32-38-44-50-56-68(3)4)66-90-94(82,83)88-62-70(77)63-89-95(84,85)91-67-72(65-86-73(78)58-52-46-40-34-27-20-18-16-14-12-10-8-2)93-76(81)61-55-49-43-37-31-30-33-39-45-51-57-69(5)6/h68-72,77H,7-67H2,1-6H3,(H,82,83)(H,84,85)/t70-,71-,72-/m1/s1. The lowest BCUT2D eigenvalue weighted by molar-refractivity contribution is -0.161. The summed E-state index contributed by atoms with van der Waals surface area (Å²) in [5.41, 5.74) is 0. The summed E-state index contributed by atoms with van der Waals surface area (Å²) in [6, 6.07) is 0. The van der Waals surface area contributed by atoms with Gasteiger partial charge in [0.2, 0.25) is 0 Å². The summed E-state index contributed by atoms with van der Waals surface area (Å²) in [5.74, 6) is -0.584. The zero-order valence-corrected chi connectivity index (χ0v) is 63.8. The number of hydrogen-bond acceptors (Lipinski definition) is 15. The Morgan fingerprint density at radius 1 is 0.284 bits per heavy atom. The lowest BCUT2D eigenvalue weighted by Crippen LogP contribution is -2.30. The van der Waals surface area contributed by atoms with Gasteiger partial charge in [0.25, 0.3) is 0 Å². The molecule has 0 rings (SSSR count). The second-order valence-electron chi connectivity index (χ2n) is 28.3. The minimum absolute atomic E-state index is 0.106. The molecule has 5 atom stereocenters. The third kappa shape index (κ3) is 70.3. The summed E-state index contributed by atoms with van der Waals surface area (Å²) in [6.07, 6.45) is 55.3. The Bertz CT molecular complexity index is 1840. The van der Waals surface area contributed by atoms with E-state index < -0.39 is 97.5 Å². The average Bonchev–Trinajstić information content (AvgIpc) is 1.66. The highest BCUT2D eigenvalue weighted by atomic mass is 31.2. The van der Waals surface area contributed by atoms with Gasteiger partial charge in [0.15, 0.2) is 12.2 Å². The molecule has 17 nitrogen and oxygen atoms in total. The van der Waals surface area contributed by atoms with Gasteiger partial charge in [-0.2, -0.15) is 0 Å². The molecule has 0 fully saturated rings. The number of aliphatic hydroxyl groups is 1. The maximum atomic E-state index is 13.1. The first-order valence-electron chi connectivity index (χ1n) is 39.5. The van der Waals surface area contributed by atoms with Crippen LogP contribution < -0.4 is 0 Å². The number of phosphoric acid groups is 2. The molecule has 0 bridgehead atoms. The van der Waals surface area contributed by atoms with Gasteiger partial charge in [0.05, 0.1) is 26.4 Å². The Kier molecular flexibility index (Phi) is 66.5. The Hall–Kier alpha value is -1.94. The molecule has 0 amide bonds. The van der Waals surface area contributed by atoms with Gasteiger partial charge in [-0.3, -0.25) is 37.3 Å². The van der Waals surface area contributed by atoms with Gasteiger partial charge in [-0.1, -0.05) is 343 Å². The van der Waals surface area contributed by atoms with Crippen LogP contribution in [-0.4, -0.2) is 96.7 Å². The number of aliphatic hydroxyl groups excluding tert-OH is 1. The summed E-state index contributed by atoms with van der Waals surface area (Å²) >= 11 is 0. The predicted octanol–water partition coefficient (Wildman–Crippen LogP) is 22.3. The predicted molar refractivity (Wildman–Crippen MR) is 386 cm³/mol. The summed E-state index contributed by atoms with van der Waals surface area (Å²) in [5, 5.41) is 10.6. The van der Waals surface area contributed by atoms with E-state index >= 15 is 0 Å². The zero-order chi connectivity index (χ0) is 70.0. The maximum absolute atomic E-state index is 13.1. The van der Waals surface area contributed by atoms with Crippen molar-refractivity contribution in [3.05, 3.63) is 0 Å². The first kappa shape index (κ1) is 93.1. The van der Waals surface area contributed by atoms with E-state index in [0.717, 1.165) is 102 Å². The molecular formula is C76H148O17P2. The molecule has 0 aromatic carbocycles. The van der Waals surface area contributed by atoms with E-state index in [1.165, 1.54) is 212 Å². The van der Waals surface area contributed by atoms with E-state index in [-0.39, 0.29) is 25.7 Å². The summed E-state index contributed by atoms with van der Waals surface area (Å²) in [4.78, 5) is 72.9. The molecule has 95 heavy (non-hydrogen) atoms. The summed E-state index contributed by atoms with van der Waals surface area (Å²) in [6.45, 7) is 9.60. The van der Waals surface area contributed by atoms with Crippen LogP contribution in [0.2, 0.25) is 0 Å². The van der Waals surface area contributed by atoms with Crippen LogP contribution in [0.15, 0.2) is 0 Å². The molecule has 19 heteroatoms. The largest absolute Gasteiger partial charge is 0.472 e. The van der Waals surface area contributed by atoms with Crippen molar-refractivity contribution < 1.29 is 80.2 Å². The van der Waals surface area contributed by atoms with Gasteiger partial charge in [0, 0.05) is 25.7 Å². The Labute approximate surface area is 581 Å². The SMILES string of the molecule is CCCCCCCCCCCCCCCCCC(=O)OC[C@H](COP(=O)(O)OC[C@@H](O)COP(=O)(O)OC[C@@H](COC(=O)CCCCCCCCCCCCCC)OC(=O)CCCCCCCCCCCCC(C)C)OC(=O)CCCCCCCCCCCCCCC(C)C. The number of ether oxygens (including phenoxy) is 4. The van der Waals surface area contributed by atoms with Crippen molar-refractivity contribution in [2.24, 2.45) is 11.8 Å². The molecule has 0 heterocycles. The van der Waals surface area contributed by atoms with E-state index in [2.05, 4.69) is 41.5 Å². The highest BCUT2D eigenvalue weighted by molar-refractivity contribution is 7.47. The normalized spacial score (nSPS) is 14.0. The quantitative estimate of drug-likeness (QED) is 0.0222. The smallest absolute Gasteiger partial charge is 0.462 e. The molecule has 0 aliphatic heterocycles. The first-order chi connectivity index (χ1) is 45.9. The number of esters is 4. The van der Waals surface area contributed by atoms with Crippen LogP contribution in [-0.2, 0) is 65.4 Å². The van der Waals surface area contributed by atoms with Crippen molar-refractivity contribution in [1.82, 2.24) is 0 Å². The monoisotopic (exact) mass is 1400 g/mol. The Balaban J connectivity index is 5.26. The molecule has 0 aliphatic carbocycles. The maximum Gasteiger partial charge on any atom is 0.472 e. The molecule has 0 aliphatic rings. The molecule has 0 saturated heterocycles. The number of phosphoric ester groups is 2. The van der Waals surface area contributed by atoms with Gasteiger partial charge in [-0.15, -0.1) is 0 Å². The molecule has 0 aromatic rings. The third-order valence-corrected chi connectivity index (χ3v) is 19.6.